The molecule has 0 saturated heterocycles. The van der Waals surface area contributed by atoms with Gasteiger partial charge in [-0.05, 0) is 18.1 Å². The Hall–Kier alpha value is -0.0331. The maximum Gasteiger partial charge on any atom is 0.250 e. The van der Waals surface area contributed by atoms with Crippen LogP contribution in [0.25, 0.3) is 5.76 Å². The molecule has 106 valence electrons. The molecule has 1 aliphatic carbocycles. The van der Waals surface area contributed by atoms with Crippen LogP contribution in [0.2, 0.25) is 26.8 Å². The first-order valence-electron chi connectivity index (χ1n) is 6.09. The SMILES string of the molecule is CC(C)(C)[Si](C)(C)OC1=C(F)Cc2c(Cl)sc(Cl)c21. The average Bonchev–Trinajstić information content (AvgIpc) is 2.66. The van der Waals surface area contributed by atoms with E-state index in [2.05, 4.69) is 33.9 Å². The summed E-state index contributed by atoms with van der Waals surface area (Å²) in [5, 5.41) is 0.00925. The zero-order chi connectivity index (χ0) is 14.6. The molecule has 1 aromatic rings. The van der Waals surface area contributed by atoms with E-state index in [9.17, 15) is 4.39 Å². The van der Waals surface area contributed by atoms with Gasteiger partial charge in [0.15, 0.2) is 0 Å². The molecule has 1 aromatic heterocycles. The second kappa shape index (κ2) is 4.76. The van der Waals surface area contributed by atoms with Crippen LogP contribution in [-0.4, -0.2) is 8.32 Å². The van der Waals surface area contributed by atoms with Crippen molar-refractivity contribution < 1.29 is 8.82 Å². The number of hydrogen-bond donors (Lipinski definition) is 0. The second-order valence-electron chi connectivity index (χ2n) is 6.28. The van der Waals surface area contributed by atoms with Crippen LogP contribution in [0, 0.1) is 0 Å². The van der Waals surface area contributed by atoms with Crippen LogP contribution < -0.4 is 0 Å². The third kappa shape index (κ3) is 2.60. The van der Waals surface area contributed by atoms with Crippen molar-refractivity contribution >= 4 is 48.6 Å². The molecule has 0 fully saturated rings. The van der Waals surface area contributed by atoms with Gasteiger partial charge in [-0.2, -0.15) is 0 Å². The summed E-state index contributed by atoms with van der Waals surface area (Å²) in [5.74, 6) is 0.0566. The largest absolute Gasteiger partial charge is 0.541 e. The molecule has 0 aliphatic heterocycles. The van der Waals surface area contributed by atoms with Gasteiger partial charge in [0.2, 0.25) is 0 Å². The van der Waals surface area contributed by atoms with Crippen molar-refractivity contribution in [2.75, 3.05) is 0 Å². The second-order valence-corrected chi connectivity index (χ2v) is 13.2. The highest BCUT2D eigenvalue weighted by molar-refractivity contribution is 7.20. The van der Waals surface area contributed by atoms with Gasteiger partial charge >= 0.3 is 0 Å². The van der Waals surface area contributed by atoms with Crippen molar-refractivity contribution in [3.63, 3.8) is 0 Å². The molecule has 0 N–H and O–H groups in total. The summed E-state index contributed by atoms with van der Waals surface area (Å²) < 4.78 is 21.3. The minimum Gasteiger partial charge on any atom is -0.541 e. The van der Waals surface area contributed by atoms with Gasteiger partial charge in [0.05, 0.1) is 9.90 Å². The molecule has 1 aliphatic rings. The third-order valence-electron chi connectivity index (χ3n) is 3.88. The first-order chi connectivity index (χ1) is 8.54. The predicted molar refractivity (Wildman–Crippen MR) is 84.4 cm³/mol. The van der Waals surface area contributed by atoms with Gasteiger partial charge in [-0.1, -0.05) is 44.0 Å². The quantitative estimate of drug-likeness (QED) is 0.577. The molecule has 0 bridgehead atoms. The van der Waals surface area contributed by atoms with E-state index < -0.39 is 8.32 Å². The molecule has 2 rings (SSSR count). The Kier molecular flexibility index (Phi) is 3.85. The first kappa shape index (κ1) is 15.4. The van der Waals surface area contributed by atoms with Crippen LogP contribution in [0.3, 0.4) is 0 Å². The van der Waals surface area contributed by atoms with Crippen LogP contribution in [0.15, 0.2) is 5.83 Å². The monoisotopic (exact) mass is 338 g/mol. The zero-order valence-corrected chi connectivity index (χ0v) is 15.0. The fourth-order valence-corrected chi connectivity index (χ4v) is 4.42. The zero-order valence-electron chi connectivity index (χ0n) is 11.7. The van der Waals surface area contributed by atoms with Crippen LogP contribution in [0.1, 0.15) is 31.9 Å². The summed E-state index contributed by atoms with van der Waals surface area (Å²) >= 11 is 13.5. The van der Waals surface area contributed by atoms with E-state index >= 15 is 0 Å². The van der Waals surface area contributed by atoms with Gasteiger partial charge in [-0.15, -0.1) is 11.3 Å². The van der Waals surface area contributed by atoms with E-state index in [0.29, 0.717) is 20.0 Å². The summed E-state index contributed by atoms with van der Waals surface area (Å²) in [7, 11) is -2.09. The molecule has 0 amide bonds. The Morgan fingerprint density at radius 3 is 2.32 bits per heavy atom. The number of halogens is 3. The van der Waals surface area contributed by atoms with Gasteiger partial charge < -0.3 is 4.43 Å². The number of hydrogen-bond acceptors (Lipinski definition) is 2. The predicted octanol–water partition coefficient (Wildman–Crippen LogP) is 6.27. The normalized spacial score (nSPS) is 16.0. The first-order valence-corrected chi connectivity index (χ1v) is 10.6. The Labute approximate surface area is 128 Å². The van der Waals surface area contributed by atoms with Gasteiger partial charge in [0.25, 0.3) is 8.32 Å². The van der Waals surface area contributed by atoms with E-state index in [1.165, 1.54) is 11.3 Å². The molecular weight excluding hydrogens is 322 g/mol. The molecule has 0 spiro atoms. The molecule has 0 saturated carbocycles. The molecule has 1 nitrogen and oxygen atoms in total. The van der Waals surface area contributed by atoms with Crippen molar-refractivity contribution in [3.8, 4) is 0 Å². The molecule has 0 atom stereocenters. The van der Waals surface area contributed by atoms with Crippen molar-refractivity contribution in [1.29, 1.82) is 0 Å². The standard InChI is InChI=1S/C13H17Cl2FOSSi/c1-13(2,3)19(4,5)17-10-8(16)6-7-9(10)12(15)18-11(7)14/h6H2,1-5H3. The minimum absolute atomic E-state index is 0.00925. The number of allylic oxidation sites excluding steroid dienone is 1. The molecule has 0 radical (unpaired) electrons. The maximum absolute atomic E-state index is 14.2. The molecule has 1 heterocycles. The average molecular weight is 339 g/mol. The summed E-state index contributed by atoms with van der Waals surface area (Å²) in [6.07, 6.45) is 0.196. The summed E-state index contributed by atoms with van der Waals surface area (Å²) in [4.78, 5) is 0. The fraction of sp³-hybridized carbons (Fsp3) is 0.538. The number of fused-ring (bicyclic) bond motifs is 1. The van der Waals surface area contributed by atoms with Crippen LogP contribution in [0.4, 0.5) is 4.39 Å². The van der Waals surface area contributed by atoms with Gasteiger partial charge in [-0.25, -0.2) is 4.39 Å². The van der Waals surface area contributed by atoms with E-state index in [0.717, 1.165) is 5.56 Å². The van der Waals surface area contributed by atoms with Gasteiger partial charge in [0.1, 0.15) is 15.9 Å². The molecule has 0 unspecified atom stereocenters. The van der Waals surface area contributed by atoms with Crippen molar-refractivity contribution in [1.82, 2.24) is 0 Å². The summed E-state index contributed by atoms with van der Waals surface area (Å²) in [6.45, 7) is 10.5. The summed E-state index contributed by atoms with van der Waals surface area (Å²) in [6, 6.07) is 0. The van der Waals surface area contributed by atoms with E-state index in [4.69, 9.17) is 27.6 Å². The maximum atomic E-state index is 14.2. The smallest absolute Gasteiger partial charge is 0.250 e. The minimum atomic E-state index is -2.09. The van der Waals surface area contributed by atoms with Crippen molar-refractivity contribution in [2.45, 2.75) is 45.3 Å². The highest BCUT2D eigenvalue weighted by atomic mass is 35.5. The topological polar surface area (TPSA) is 9.23 Å². The highest BCUT2D eigenvalue weighted by Gasteiger charge is 2.42. The number of thiophene rings is 1. The Balaban J connectivity index is 2.41. The molecule has 19 heavy (non-hydrogen) atoms. The third-order valence-corrected chi connectivity index (χ3v) is 9.90. The molecule has 6 heteroatoms. The van der Waals surface area contributed by atoms with Crippen LogP contribution >= 0.6 is 34.5 Å². The van der Waals surface area contributed by atoms with E-state index in [1.54, 1.807) is 0 Å². The Morgan fingerprint density at radius 2 is 1.79 bits per heavy atom. The van der Waals surface area contributed by atoms with Crippen LogP contribution in [0.5, 0.6) is 0 Å². The van der Waals surface area contributed by atoms with E-state index in [1.807, 2.05) is 0 Å². The highest BCUT2D eigenvalue weighted by Crippen LogP contribution is 2.50. The van der Waals surface area contributed by atoms with Crippen LogP contribution in [-0.2, 0) is 10.8 Å². The van der Waals surface area contributed by atoms with Gasteiger partial charge in [0, 0.05) is 12.0 Å². The number of rotatable bonds is 2. The Morgan fingerprint density at radius 1 is 1.21 bits per heavy atom. The van der Waals surface area contributed by atoms with E-state index in [-0.39, 0.29) is 17.3 Å². The molecular formula is C13H17Cl2FOSSi. The van der Waals surface area contributed by atoms with Crippen molar-refractivity contribution in [2.24, 2.45) is 0 Å². The molecule has 0 aromatic carbocycles. The lowest BCUT2D eigenvalue weighted by Crippen LogP contribution is -2.40. The van der Waals surface area contributed by atoms with Crippen molar-refractivity contribution in [3.05, 3.63) is 25.6 Å². The Bertz CT molecular complexity index is 558. The lowest BCUT2D eigenvalue weighted by atomic mass is 10.2. The lowest BCUT2D eigenvalue weighted by molar-refractivity contribution is 0.442. The summed E-state index contributed by atoms with van der Waals surface area (Å²) in [5.41, 5.74) is 1.43. The van der Waals surface area contributed by atoms with Gasteiger partial charge in [-0.3, -0.25) is 0 Å². The fourth-order valence-electron chi connectivity index (χ4n) is 1.68. The lowest BCUT2D eigenvalue weighted by Gasteiger charge is -2.36.